The van der Waals surface area contributed by atoms with Crippen molar-refractivity contribution in [3.05, 3.63) is 75.1 Å². The lowest BCUT2D eigenvalue weighted by Gasteiger charge is -2.12. The Kier molecular flexibility index (Phi) is 4.07. The predicted octanol–water partition coefficient (Wildman–Crippen LogP) is 4.04. The van der Waals surface area contributed by atoms with E-state index in [1.807, 2.05) is 49.3 Å². The number of aromatic carboxylic acids is 1. The fourth-order valence-electron chi connectivity index (χ4n) is 3.43. The van der Waals surface area contributed by atoms with Gasteiger partial charge >= 0.3 is 5.97 Å². The second-order valence-corrected chi connectivity index (χ2v) is 6.91. The van der Waals surface area contributed by atoms with E-state index in [2.05, 4.69) is 0 Å². The first-order valence-corrected chi connectivity index (χ1v) is 8.75. The SMILES string of the molecule is CN(C)c1ccc(C=C2CCc3c2oc2ccc(C(=O)O)cc2c3=O)cc1. The lowest BCUT2D eigenvalue weighted by molar-refractivity contribution is 0.0697. The normalized spacial score (nSPS) is 14.5. The van der Waals surface area contributed by atoms with E-state index < -0.39 is 5.97 Å². The number of hydrogen-bond acceptors (Lipinski definition) is 4. The highest BCUT2D eigenvalue weighted by Crippen LogP contribution is 2.34. The van der Waals surface area contributed by atoms with Crippen molar-refractivity contribution in [3.63, 3.8) is 0 Å². The summed E-state index contributed by atoms with van der Waals surface area (Å²) >= 11 is 0. The highest BCUT2D eigenvalue weighted by molar-refractivity contribution is 5.94. The first kappa shape index (κ1) is 17.1. The number of rotatable bonds is 3. The number of allylic oxidation sites excluding steroid dienone is 1. The summed E-state index contributed by atoms with van der Waals surface area (Å²) in [6.07, 6.45) is 3.38. The minimum atomic E-state index is -1.06. The Morgan fingerprint density at radius 1 is 1.11 bits per heavy atom. The Balaban J connectivity index is 1.79. The molecule has 0 radical (unpaired) electrons. The molecular formula is C22H19NO4. The highest BCUT2D eigenvalue weighted by Gasteiger charge is 2.24. The van der Waals surface area contributed by atoms with E-state index in [1.165, 1.54) is 12.1 Å². The van der Waals surface area contributed by atoms with Crippen LogP contribution in [-0.4, -0.2) is 25.2 Å². The first-order valence-electron chi connectivity index (χ1n) is 8.75. The zero-order chi connectivity index (χ0) is 19.1. The van der Waals surface area contributed by atoms with E-state index >= 15 is 0 Å². The Bertz CT molecular complexity index is 1140. The molecule has 1 aliphatic carbocycles. The number of anilines is 1. The van der Waals surface area contributed by atoms with Crippen LogP contribution in [0.15, 0.2) is 51.7 Å². The van der Waals surface area contributed by atoms with Crippen molar-refractivity contribution in [2.45, 2.75) is 12.8 Å². The zero-order valence-corrected chi connectivity index (χ0v) is 15.2. The average molecular weight is 361 g/mol. The number of hydrogen-bond donors (Lipinski definition) is 1. The topological polar surface area (TPSA) is 70.8 Å². The molecule has 136 valence electrons. The van der Waals surface area contributed by atoms with Crippen LogP contribution in [-0.2, 0) is 6.42 Å². The third-order valence-electron chi connectivity index (χ3n) is 4.92. The van der Waals surface area contributed by atoms with Crippen LogP contribution < -0.4 is 10.3 Å². The monoisotopic (exact) mass is 361 g/mol. The van der Waals surface area contributed by atoms with Gasteiger partial charge in [-0.2, -0.15) is 0 Å². The first-order chi connectivity index (χ1) is 12.9. The molecule has 0 bridgehead atoms. The lowest BCUT2D eigenvalue weighted by Crippen LogP contribution is -2.09. The van der Waals surface area contributed by atoms with Gasteiger partial charge in [-0.05, 0) is 60.4 Å². The van der Waals surface area contributed by atoms with Crippen LogP contribution in [0.5, 0.6) is 0 Å². The van der Waals surface area contributed by atoms with Crippen molar-refractivity contribution in [2.24, 2.45) is 0 Å². The average Bonchev–Trinajstić information content (AvgIpc) is 3.05. The predicted molar refractivity (Wildman–Crippen MR) is 106 cm³/mol. The molecule has 0 saturated heterocycles. The third-order valence-corrected chi connectivity index (χ3v) is 4.92. The summed E-state index contributed by atoms with van der Waals surface area (Å²) in [6.45, 7) is 0. The Morgan fingerprint density at radius 3 is 2.52 bits per heavy atom. The molecule has 1 N–H and O–H groups in total. The fourth-order valence-corrected chi connectivity index (χ4v) is 3.43. The second-order valence-electron chi connectivity index (χ2n) is 6.91. The summed E-state index contributed by atoms with van der Waals surface area (Å²) in [7, 11) is 3.99. The molecular weight excluding hydrogens is 342 g/mol. The minimum absolute atomic E-state index is 0.0875. The van der Waals surface area contributed by atoms with E-state index in [9.17, 15) is 9.59 Å². The molecule has 0 unspecified atom stereocenters. The molecule has 3 aromatic rings. The van der Waals surface area contributed by atoms with Crippen LogP contribution in [0.1, 0.15) is 33.7 Å². The zero-order valence-electron chi connectivity index (χ0n) is 15.2. The van der Waals surface area contributed by atoms with E-state index in [4.69, 9.17) is 9.52 Å². The van der Waals surface area contributed by atoms with Gasteiger partial charge in [-0.15, -0.1) is 0 Å². The Hall–Kier alpha value is -3.34. The maximum absolute atomic E-state index is 12.8. The summed E-state index contributed by atoms with van der Waals surface area (Å²) in [4.78, 5) is 26.0. The minimum Gasteiger partial charge on any atom is -0.478 e. The number of nitrogens with zero attached hydrogens (tertiary/aromatic N) is 1. The number of carboxylic acid groups (broad SMARTS) is 1. The largest absolute Gasteiger partial charge is 0.478 e. The summed E-state index contributed by atoms with van der Waals surface area (Å²) in [5.74, 6) is -0.439. The van der Waals surface area contributed by atoms with Crippen molar-refractivity contribution in [2.75, 3.05) is 19.0 Å². The van der Waals surface area contributed by atoms with E-state index in [0.29, 0.717) is 28.7 Å². The van der Waals surface area contributed by atoms with Crippen LogP contribution in [0, 0.1) is 0 Å². The Labute approximate surface area is 156 Å². The van der Waals surface area contributed by atoms with E-state index in [-0.39, 0.29) is 11.0 Å². The summed E-state index contributed by atoms with van der Waals surface area (Å²) in [6, 6.07) is 12.6. The molecule has 2 aromatic carbocycles. The molecule has 0 saturated carbocycles. The fraction of sp³-hybridized carbons (Fsp3) is 0.182. The standard InChI is InChI=1S/C22H19NO4/c1-23(2)16-7-3-13(4-8-16)11-14-5-9-17-20(24)18-12-15(22(25)26)6-10-19(18)27-21(14)17/h3-4,6-8,10-12H,5,9H2,1-2H3,(H,25,26). The van der Waals surface area contributed by atoms with Gasteiger partial charge in [0.2, 0.25) is 0 Å². The maximum atomic E-state index is 12.8. The molecule has 0 aliphatic heterocycles. The van der Waals surface area contributed by atoms with Crippen LogP contribution in [0.25, 0.3) is 22.6 Å². The van der Waals surface area contributed by atoms with Crippen LogP contribution in [0.2, 0.25) is 0 Å². The van der Waals surface area contributed by atoms with Gasteiger partial charge in [0, 0.05) is 25.3 Å². The number of carbonyl (C=O) groups is 1. The van der Waals surface area contributed by atoms with Gasteiger partial charge in [-0.3, -0.25) is 4.79 Å². The third kappa shape index (κ3) is 3.01. The molecule has 4 rings (SSSR count). The van der Waals surface area contributed by atoms with Crippen LogP contribution in [0.3, 0.4) is 0 Å². The van der Waals surface area contributed by atoms with Gasteiger partial charge in [0.1, 0.15) is 11.3 Å². The summed E-state index contributed by atoms with van der Waals surface area (Å²) in [5, 5.41) is 9.47. The van der Waals surface area contributed by atoms with Gasteiger partial charge in [-0.1, -0.05) is 12.1 Å². The molecule has 27 heavy (non-hydrogen) atoms. The molecule has 0 atom stereocenters. The van der Waals surface area contributed by atoms with Crippen molar-refractivity contribution in [3.8, 4) is 0 Å². The maximum Gasteiger partial charge on any atom is 0.335 e. The van der Waals surface area contributed by atoms with Crippen LogP contribution >= 0.6 is 0 Å². The molecule has 0 spiro atoms. The molecule has 0 fully saturated rings. The van der Waals surface area contributed by atoms with Crippen molar-refractivity contribution >= 4 is 34.3 Å². The number of fused-ring (bicyclic) bond motifs is 2. The van der Waals surface area contributed by atoms with Crippen LogP contribution in [0.4, 0.5) is 5.69 Å². The van der Waals surface area contributed by atoms with E-state index in [1.54, 1.807) is 6.07 Å². The number of benzene rings is 2. The van der Waals surface area contributed by atoms with Gasteiger partial charge in [0.25, 0.3) is 0 Å². The molecule has 5 nitrogen and oxygen atoms in total. The van der Waals surface area contributed by atoms with Gasteiger partial charge < -0.3 is 14.4 Å². The van der Waals surface area contributed by atoms with Gasteiger partial charge in [0.15, 0.2) is 5.43 Å². The molecule has 1 heterocycles. The molecule has 1 aromatic heterocycles. The van der Waals surface area contributed by atoms with Crippen molar-refractivity contribution in [1.29, 1.82) is 0 Å². The van der Waals surface area contributed by atoms with Crippen molar-refractivity contribution < 1.29 is 14.3 Å². The molecule has 5 heteroatoms. The number of carboxylic acids is 1. The molecule has 0 amide bonds. The Morgan fingerprint density at radius 2 is 1.85 bits per heavy atom. The van der Waals surface area contributed by atoms with Crippen molar-refractivity contribution in [1.82, 2.24) is 0 Å². The summed E-state index contributed by atoms with van der Waals surface area (Å²) < 4.78 is 6.00. The highest BCUT2D eigenvalue weighted by atomic mass is 16.4. The quantitative estimate of drug-likeness (QED) is 0.762. The van der Waals surface area contributed by atoms with E-state index in [0.717, 1.165) is 23.2 Å². The molecule has 1 aliphatic rings. The van der Waals surface area contributed by atoms with Gasteiger partial charge in [0.05, 0.1) is 10.9 Å². The lowest BCUT2D eigenvalue weighted by atomic mass is 10.1. The smallest absolute Gasteiger partial charge is 0.335 e. The van der Waals surface area contributed by atoms with Gasteiger partial charge in [-0.25, -0.2) is 4.79 Å². The second kappa shape index (κ2) is 6.43. The summed E-state index contributed by atoms with van der Waals surface area (Å²) in [5.41, 5.74) is 4.15.